The predicted molar refractivity (Wildman–Crippen MR) is 144 cm³/mol. The Morgan fingerprint density at radius 1 is 0.923 bits per heavy atom. The summed E-state index contributed by atoms with van der Waals surface area (Å²) in [6, 6.07) is 16.1. The lowest BCUT2D eigenvalue weighted by Gasteiger charge is -2.14. The normalized spacial score (nSPS) is 12.1. The lowest BCUT2D eigenvalue weighted by molar-refractivity contribution is -0.137. The molecule has 7 nitrogen and oxygen atoms in total. The van der Waals surface area contributed by atoms with Crippen LogP contribution in [-0.2, 0) is 22.6 Å². The summed E-state index contributed by atoms with van der Waals surface area (Å²) in [6.07, 6.45) is -2.83. The minimum Gasteiger partial charge on any atom is -0.492 e. The molecule has 0 aliphatic heterocycles. The van der Waals surface area contributed by atoms with E-state index in [9.17, 15) is 26.4 Å². The van der Waals surface area contributed by atoms with Crippen molar-refractivity contribution in [3.05, 3.63) is 105 Å². The molecule has 3 N–H and O–H groups in total. The van der Waals surface area contributed by atoms with Crippen molar-refractivity contribution in [3.8, 4) is 5.75 Å². The first-order valence-corrected chi connectivity index (χ1v) is 13.8. The number of benzene rings is 3. The van der Waals surface area contributed by atoms with Crippen LogP contribution in [0.4, 0.5) is 13.2 Å². The monoisotopic (exact) mass is 579 g/mol. The first-order valence-electron chi connectivity index (χ1n) is 11.9. The van der Waals surface area contributed by atoms with Gasteiger partial charge in [0.25, 0.3) is 5.56 Å². The molecule has 3 aromatic carbocycles. The number of rotatable bonds is 11. The van der Waals surface area contributed by atoms with Crippen molar-refractivity contribution in [2.24, 2.45) is 0 Å². The van der Waals surface area contributed by atoms with Crippen LogP contribution >= 0.6 is 11.6 Å². The molecule has 0 atom stereocenters. The Bertz CT molecular complexity index is 1620. The lowest BCUT2D eigenvalue weighted by Crippen LogP contribution is -2.33. The molecule has 0 fully saturated rings. The average molecular weight is 580 g/mol. The van der Waals surface area contributed by atoms with Gasteiger partial charge in [0.15, 0.2) is 0 Å². The molecule has 0 unspecified atom stereocenters. The van der Waals surface area contributed by atoms with Crippen molar-refractivity contribution in [3.63, 3.8) is 0 Å². The molecule has 0 aliphatic carbocycles. The van der Waals surface area contributed by atoms with Gasteiger partial charge < -0.3 is 15.0 Å². The molecule has 0 saturated heterocycles. The molecule has 1 heterocycles. The minimum atomic E-state index is -4.43. The Labute approximate surface area is 228 Å². The number of ether oxygens (including phenoxy) is 1. The smallest absolute Gasteiger partial charge is 0.416 e. The molecule has 0 amide bonds. The number of pyridine rings is 1. The van der Waals surface area contributed by atoms with Gasteiger partial charge in [-0.15, -0.1) is 0 Å². The zero-order valence-electron chi connectivity index (χ0n) is 20.5. The number of alkyl halides is 3. The number of sulfonamides is 1. The Morgan fingerprint density at radius 3 is 2.51 bits per heavy atom. The van der Waals surface area contributed by atoms with Crippen LogP contribution in [0.25, 0.3) is 10.8 Å². The number of aromatic nitrogens is 1. The van der Waals surface area contributed by atoms with Crippen molar-refractivity contribution >= 4 is 32.4 Å². The SMILES string of the molecule is O=c1[nH]ccc2c(S(=O)(=O)NCCNCCOc3ccc(Cl)cc3Cc3cccc(C(F)(F)F)c3)cccc12. The van der Waals surface area contributed by atoms with Crippen molar-refractivity contribution in [1.29, 1.82) is 0 Å². The summed E-state index contributed by atoms with van der Waals surface area (Å²) in [5.41, 5.74) is 0.0185. The molecule has 1 aromatic heterocycles. The van der Waals surface area contributed by atoms with E-state index in [2.05, 4.69) is 15.0 Å². The Morgan fingerprint density at radius 2 is 1.72 bits per heavy atom. The summed E-state index contributed by atoms with van der Waals surface area (Å²) in [5, 5.41) is 4.12. The zero-order valence-corrected chi connectivity index (χ0v) is 22.1. The van der Waals surface area contributed by atoms with Crippen molar-refractivity contribution in [1.82, 2.24) is 15.0 Å². The maximum atomic E-state index is 13.1. The van der Waals surface area contributed by atoms with Gasteiger partial charge >= 0.3 is 6.18 Å². The lowest BCUT2D eigenvalue weighted by atomic mass is 10.0. The average Bonchev–Trinajstić information content (AvgIpc) is 2.89. The highest BCUT2D eigenvalue weighted by Crippen LogP contribution is 2.31. The van der Waals surface area contributed by atoms with Crippen LogP contribution in [0.3, 0.4) is 0 Å². The van der Waals surface area contributed by atoms with Gasteiger partial charge in [0, 0.05) is 48.0 Å². The maximum Gasteiger partial charge on any atom is 0.416 e. The van der Waals surface area contributed by atoms with Gasteiger partial charge in [-0.1, -0.05) is 35.9 Å². The van der Waals surface area contributed by atoms with E-state index in [-0.39, 0.29) is 35.4 Å². The fourth-order valence-corrected chi connectivity index (χ4v) is 5.49. The number of hydrogen-bond donors (Lipinski definition) is 3. The molecule has 4 aromatic rings. The zero-order chi connectivity index (χ0) is 28.0. The number of halogens is 4. The number of nitrogens with one attached hydrogen (secondary N) is 3. The number of hydrogen-bond acceptors (Lipinski definition) is 5. The van der Waals surface area contributed by atoms with E-state index < -0.39 is 21.8 Å². The van der Waals surface area contributed by atoms with Crippen LogP contribution in [-0.4, -0.2) is 39.6 Å². The van der Waals surface area contributed by atoms with E-state index in [1.165, 1.54) is 24.4 Å². The molecule has 39 heavy (non-hydrogen) atoms. The summed E-state index contributed by atoms with van der Waals surface area (Å²) in [4.78, 5) is 14.5. The summed E-state index contributed by atoms with van der Waals surface area (Å²) in [5.74, 6) is 0.491. The highest BCUT2D eigenvalue weighted by atomic mass is 35.5. The van der Waals surface area contributed by atoms with Crippen molar-refractivity contribution < 1.29 is 26.3 Å². The maximum absolute atomic E-state index is 13.1. The standard InChI is InChI=1S/C27H25ClF3N3O4S/c28-21-7-8-24(19(17-21)15-18-3-1-4-20(16-18)27(29,30)31)38-14-13-32-11-12-34-39(36,37)25-6-2-5-23-22(25)9-10-33-26(23)35/h1-10,16-17,32,34H,11-15H2,(H,33,35). The third-order valence-corrected chi connectivity index (χ3v) is 7.62. The number of fused-ring (bicyclic) bond motifs is 1. The van der Waals surface area contributed by atoms with Gasteiger partial charge in [-0.2, -0.15) is 13.2 Å². The van der Waals surface area contributed by atoms with Crippen molar-refractivity contribution in [2.45, 2.75) is 17.5 Å². The number of H-pyrrole nitrogens is 1. The molecule has 4 rings (SSSR count). The highest BCUT2D eigenvalue weighted by molar-refractivity contribution is 7.89. The predicted octanol–water partition coefficient (Wildman–Crippen LogP) is 4.74. The fraction of sp³-hybridized carbons (Fsp3) is 0.222. The topological polar surface area (TPSA) is 100 Å². The van der Waals surface area contributed by atoms with E-state index in [1.54, 1.807) is 36.4 Å². The summed E-state index contributed by atoms with van der Waals surface area (Å²) < 4.78 is 73.1. The first kappa shape index (κ1) is 28.6. The Balaban J connectivity index is 1.28. The second-order valence-corrected chi connectivity index (χ2v) is 10.8. The van der Waals surface area contributed by atoms with Crippen LogP contribution < -0.4 is 20.3 Å². The second kappa shape index (κ2) is 12.2. The van der Waals surface area contributed by atoms with Crippen LogP contribution in [0.15, 0.2) is 82.6 Å². The summed E-state index contributed by atoms with van der Waals surface area (Å²) in [6.45, 7) is 1.03. The highest BCUT2D eigenvalue weighted by Gasteiger charge is 2.30. The van der Waals surface area contributed by atoms with E-state index in [0.29, 0.717) is 40.4 Å². The van der Waals surface area contributed by atoms with Gasteiger partial charge in [0.2, 0.25) is 10.0 Å². The largest absolute Gasteiger partial charge is 0.492 e. The van der Waals surface area contributed by atoms with Gasteiger partial charge in [0.05, 0.1) is 10.5 Å². The van der Waals surface area contributed by atoms with E-state index in [1.807, 2.05) is 0 Å². The van der Waals surface area contributed by atoms with Crippen LogP contribution in [0, 0.1) is 0 Å². The summed E-state index contributed by atoms with van der Waals surface area (Å²) >= 11 is 6.11. The molecule has 206 valence electrons. The number of aromatic amines is 1. The van der Waals surface area contributed by atoms with E-state index in [0.717, 1.165) is 12.1 Å². The Hall–Kier alpha value is -3.38. The summed E-state index contributed by atoms with van der Waals surface area (Å²) in [7, 11) is -3.85. The van der Waals surface area contributed by atoms with Gasteiger partial charge in [-0.25, -0.2) is 13.1 Å². The van der Waals surface area contributed by atoms with Gasteiger partial charge in [-0.3, -0.25) is 4.79 Å². The first-order chi connectivity index (χ1) is 18.5. The molecular formula is C27H25ClF3N3O4S. The van der Waals surface area contributed by atoms with Crippen LogP contribution in [0.2, 0.25) is 5.02 Å². The third kappa shape index (κ3) is 7.39. The molecule has 0 saturated carbocycles. The molecule has 0 aliphatic rings. The Kier molecular flexibility index (Phi) is 8.96. The molecule has 0 radical (unpaired) electrons. The quantitative estimate of drug-likeness (QED) is 0.223. The minimum absolute atomic E-state index is 0.0190. The molecular weight excluding hydrogens is 555 g/mol. The van der Waals surface area contributed by atoms with Crippen LogP contribution in [0.1, 0.15) is 16.7 Å². The fourth-order valence-electron chi connectivity index (χ4n) is 4.04. The third-order valence-electron chi connectivity index (χ3n) is 5.87. The van der Waals surface area contributed by atoms with Crippen LogP contribution in [0.5, 0.6) is 5.75 Å². The second-order valence-electron chi connectivity index (χ2n) is 8.65. The molecule has 0 spiro atoms. The molecule has 0 bridgehead atoms. The van der Waals surface area contributed by atoms with Crippen molar-refractivity contribution in [2.75, 3.05) is 26.2 Å². The van der Waals surface area contributed by atoms with Gasteiger partial charge in [-0.05, 0) is 53.6 Å². The van der Waals surface area contributed by atoms with E-state index >= 15 is 0 Å². The van der Waals surface area contributed by atoms with Gasteiger partial charge in [0.1, 0.15) is 12.4 Å². The molecule has 12 heteroatoms. The van der Waals surface area contributed by atoms with E-state index in [4.69, 9.17) is 16.3 Å².